The van der Waals surface area contributed by atoms with Crippen LogP contribution in [0.3, 0.4) is 0 Å². The number of nitrogens with one attached hydrogen (secondary N) is 1. The van der Waals surface area contributed by atoms with Crippen molar-refractivity contribution in [3.05, 3.63) is 35.9 Å². The van der Waals surface area contributed by atoms with Crippen LogP contribution in [0.15, 0.2) is 30.3 Å². The van der Waals surface area contributed by atoms with Gasteiger partial charge in [0, 0.05) is 12.5 Å². The van der Waals surface area contributed by atoms with Gasteiger partial charge >= 0.3 is 6.18 Å². The highest BCUT2D eigenvalue weighted by Crippen LogP contribution is 2.50. The van der Waals surface area contributed by atoms with Crippen LogP contribution in [-0.2, 0) is 0 Å². The Balaban J connectivity index is 1.81. The number of rotatable bonds is 6. The molecule has 1 aromatic carbocycles. The fourth-order valence-corrected chi connectivity index (χ4v) is 2.84. The summed E-state index contributed by atoms with van der Waals surface area (Å²) in [5.41, 5.74) is 1.31. The molecule has 0 saturated heterocycles. The summed E-state index contributed by atoms with van der Waals surface area (Å²) < 4.78 is 36.4. The molecule has 1 N–H and O–H groups in total. The molecule has 1 fully saturated rings. The fraction of sp³-hybridized carbons (Fsp3) is 0.600. The molecule has 3 atom stereocenters. The van der Waals surface area contributed by atoms with Crippen molar-refractivity contribution in [1.29, 1.82) is 0 Å². The smallest absolute Gasteiger partial charge is 0.317 e. The Labute approximate surface area is 112 Å². The van der Waals surface area contributed by atoms with Gasteiger partial charge in [-0.05, 0) is 43.7 Å². The highest BCUT2D eigenvalue weighted by Gasteiger charge is 2.43. The highest BCUT2D eigenvalue weighted by atomic mass is 19.4. The second-order valence-electron chi connectivity index (χ2n) is 5.32. The zero-order chi connectivity index (χ0) is 13.9. The molecule has 106 valence electrons. The van der Waals surface area contributed by atoms with Crippen LogP contribution in [0.2, 0.25) is 0 Å². The molecule has 0 bridgehead atoms. The first kappa shape index (κ1) is 14.4. The molecule has 0 spiro atoms. The largest absolute Gasteiger partial charge is 0.389 e. The molecule has 19 heavy (non-hydrogen) atoms. The lowest BCUT2D eigenvalue weighted by Crippen LogP contribution is -2.28. The van der Waals surface area contributed by atoms with Crippen LogP contribution in [0.1, 0.15) is 37.2 Å². The van der Waals surface area contributed by atoms with Crippen molar-refractivity contribution < 1.29 is 13.2 Å². The average Bonchev–Trinajstić information content (AvgIpc) is 3.15. The molecule has 1 saturated carbocycles. The van der Waals surface area contributed by atoms with Crippen LogP contribution in [0.5, 0.6) is 0 Å². The normalized spacial score (nSPS) is 24.2. The van der Waals surface area contributed by atoms with Crippen LogP contribution < -0.4 is 5.32 Å². The van der Waals surface area contributed by atoms with Crippen molar-refractivity contribution in [1.82, 2.24) is 5.32 Å². The van der Waals surface area contributed by atoms with Gasteiger partial charge in [-0.2, -0.15) is 13.2 Å². The maximum absolute atomic E-state index is 12.1. The molecule has 4 heteroatoms. The monoisotopic (exact) mass is 271 g/mol. The van der Waals surface area contributed by atoms with E-state index in [0.29, 0.717) is 18.3 Å². The van der Waals surface area contributed by atoms with Gasteiger partial charge in [0.25, 0.3) is 0 Å². The Morgan fingerprint density at radius 3 is 2.53 bits per heavy atom. The zero-order valence-electron chi connectivity index (χ0n) is 11.1. The fourth-order valence-electron chi connectivity index (χ4n) is 2.84. The number of alkyl halides is 3. The Morgan fingerprint density at radius 1 is 1.26 bits per heavy atom. The predicted octanol–water partition coefficient (Wildman–Crippen LogP) is 4.11. The molecular formula is C15H20F3N. The first-order valence-electron chi connectivity index (χ1n) is 6.80. The quantitative estimate of drug-likeness (QED) is 0.821. The van der Waals surface area contributed by atoms with Crippen LogP contribution in [0, 0.1) is 5.92 Å². The molecule has 1 aliphatic carbocycles. The van der Waals surface area contributed by atoms with E-state index in [-0.39, 0.29) is 12.5 Å². The summed E-state index contributed by atoms with van der Waals surface area (Å²) >= 11 is 0. The average molecular weight is 271 g/mol. The Bertz CT molecular complexity index is 388. The van der Waals surface area contributed by atoms with Crippen molar-refractivity contribution >= 4 is 0 Å². The van der Waals surface area contributed by atoms with Crippen molar-refractivity contribution in [3.63, 3.8) is 0 Å². The third kappa shape index (κ3) is 4.23. The Morgan fingerprint density at radius 2 is 1.95 bits per heavy atom. The summed E-state index contributed by atoms with van der Waals surface area (Å²) in [7, 11) is 1.85. The predicted molar refractivity (Wildman–Crippen MR) is 70.0 cm³/mol. The molecular weight excluding hydrogens is 251 g/mol. The second kappa shape index (κ2) is 5.95. The third-order valence-electron chi connectivity index (χ3n) is 3.93. The van der Waals surface area contributed by atoms with Crippen molar-refractivity contribution in [2.45, 2.75) is 43.8 Å². The molecule has 0 radical (unpaired) electrons. The van der Waals surface area contributed by atoms with Gasteiger partial charge in [-0.25, -0.2) is 0 Å². The third-order valence-corrected chi connectivity index (χ3v) is 3.93. The van der Waals surface area contributed by atoms with Crippen LogP contribution in [0.25, 0.3) is 0 Å². The minimum absolute atomic E-state index is 0.201. The summed E-state index contributed by atoms with van der Waals surface area (Å²) in [4.78, 5) is 0. The van der Waals surface area contributed by atoms with Crippen molar-refractivity contribution in [2.75, 3.05) is 7.05 Å². The van der Waals surface area contributed by atoms with Gasteiger partial charge in [0.05, 0.1) is 0 Å². The number of hydrogen-bond acceptors (Lipinski definition) is 1. The van der Waals surface area contributed by atoms with E-state index in [0.717, 1.165) is 6.42 Å². The van der Waals surface area contributed by atoms with E-state index in [1.54, 1.807) is 0 Å². The first-order chi connectivity index (χ1) is 9.01. The van der Waals surface area contributed by atoms with E-state index in [2.05, 4.69) is 17.4 Å². The Kier molecular flexibility index (Phi) is 4.50. The zero-order valence-corrected chi connectivity index (χ0v) is 11.1. The van der Waals surface area contributed by atoms with E-state index in [1.807, 2.05) is 25.2 Å². The van der Waals surface area contributed by atoms with E-state index >= 15 is 0 Å². The van der Waals surface area contributed by atoms with Crippen LogP contribution in [-0.4, -0.2) is 19.3 Å². The molecule has 0 heterocycles. The molecule has 3 unspecified atom stereocenters. The van der Waals surface area contributed by atoms with Gasteiger partial charge in [0.1, 0.15) is 0 Å². The highest BCUT2D eigenvalue weighted by molar-refractivity contribution is 5.26. The van der Waals surface area contributed by atoms with Crippen molar-refractivity contribution in [2.24, 2.45) is 5.92 Å². The van der Waals surface area contributed by atoms with E-state index in [4.69, 9.17) is 0 Å². The summed E-state index contributed by atoms with van der Waals surface area (Å²) in [5.74, 6) is 1.00. The van der Waals surface area contributed by atoms with Gasteiger partial charge in [0.2, 0.25) is 0 Å². The van der Waals surface area contributed by atoms with Crippen LogP contribution in [0.4, 0.5) is 13.2 Å². The van der Waals surface area contributed by atoms with Crippen molar-refractivity contribution in [3.8, 4) is 0 Å². The minimum atomic E-state index is -4.03. The summed E-state index contributed by atoms with van der Waals surface area (Å²) in [5, 5.41) is 3.18. The maximum Gasteiger partial charge on any atom is 0.389 e. The molecule has 1 aliphatic rings. The molecule has 0 aliphatic heterocycles. The van der Waals surface area contributed by atoms with E-state index < -0.39 is 12.6 Å². The lowest BCUT2D eigenvalue weighted by Gasteiger charge is -2.17. The Hall–Kier alpha value is -1.03. The SMILES string of the molecule is CNC(CCCC(F)(F)F)C1CC1c1ccccc1. The van der Waals surface area contributed by atoms with E-state index in [1.165, 1.54) is 5.56 Å². The number of benzene rings is 1. The second-order valence-corrected chi connectivity index (χ2v) is 5.32. The minimum Gasteiger partial charge on any atom is -0.317 e. The van der Waals surface area contributed by atoms with Gasteiger partial charge in [-0.15, -0.1) is 0 Å². The molecule has 2 rings (SSSR count). The first-order valence-corrected chi connectivity index (χ1v) is 6.80. The van der Waals surface area contributed by atoms with Gasteiger partial charge < -0.3 is 5.32 Å². The van der Waals surface area contributed by atoms with Crippen LogP contribution >= 0.6 is 0 Å². The number of hydrogen-bond donors (Lipinski definition) is 1. The standard InChI is InChI=1S/C15H20F3N/c1-19-14(8-5-9-15(16,17)18)13-10-12(13)11-6-3-2-4-7-11/h2-4,6-7,12-14,19H,5,8-10H2,1H3. The van der Waals surface area contributed by atoms with Gasteiger partial charge in [0.15, 0.2) is 0 Å². The summed E-state index contributed by atoms with van der Waals surface area (Å²) in [6.07, 6.45) is -2.80. The lowest BCUT2D eigenvalue weighted by atomic mass is 10.0. The summed E-state index contributed by atoms with van der Waals surface area (Å²) in [6, 6.07) is 10.4. The molecule has 0 aromatic heterocycles. The van der Waals surface area contributed by atoms with Gasteiger partial charge in [-0.1, -0.05) is 30.3 Å². The molecule has 1 nitrogen and oxygen atoms in total. The van der Waals surface area contributed by atoms with Gasteiger partial charge in [-0.3, -0.25) is 0 Å². The number of halogens is 3. The maximum atomic E-state index is 12.1. The summed E-state index contributed by atoms with van der Waals surface area (Å²) in [6.45, 7) is 0. The molecule has 1 aromatic rings. The molecule has 0 amide bonds. The topological polar surface area (TPSA) is 12.0 Å². The lowest BCUT2D eigenvalue weighted by molar-refractivity contribution is -0.135. The van der Waals surface area contributed by atoms with E-state index in [9.17, 15) is 13.2 Å².